The van der Waals surface area contributed by atoms with Gasteiger partial charge < -0.3 is 10.3 Å². The molecule has 2 heterocycles. The Labute approximate surface area is 95.5 Å². The van der Waals surface area contributed by atoms with Crippen LogP contribution in [-0.2, 0) is 0 Å². The first-order valence-electron chi connectivity index (χ1n) is 5.58. The third-order valence-electron chi connectivity index (χ3n) is 2.52. The Kier molecular flexibility index (Phi) is 2.81. The summed E-state index contributed by atoms with van der Waals surface area (Å²) in [7, 11) is 0. The maximum Gasteiger partial charge on any atom is 0.179 e. The van der Waals surface area contributed by atoms with E-state index in [0.29, 0.717) is 5.41 Å². The van der Waals surface area contributed by atoms with Crippen LogP contribution in [0.25, 0.3) is 11.2 Å². The van der Waals surface area contributed by atoms with Gasteiger partial charge in [0.2, 0.25) is 0 Å². The van der Waals surface area contributed by atoms with Crippen molar-refractivity contribution in [2.24, 2.45) is 5.41 Å². The van der Waals surface area contributed by atoms with E-state index in [4.69, 9.17) is 0 Å². The fraction of sp³-hybridized carbons (Fsp3) is 0.500. The summed E-state index contributed by atoms with van der Waals surface area (Å²) < 4.78 is 0. The Morgan fingerprint density at radius 1 is 1.31 bits per heavy atom. The lowest BCUT2D eigenvalue weighted by atomic mass is 9.92. The zero-order valence-corrected chi connectivity index (χ0v) is 10.0. The summed E-state index contributed by atoms with van der Waals surface area (Å²) >= 11 is 0. The summed E-state index contributed by atoms with van der Waals surface area (Å²) in [6.45, 7) is 7.69. The van der Waals surface area contributed by atoms with E-state index in [2.05, 4.69) is 41.0 Å². The standard InChI is InChI=1S/C12H18N4/c1-12(2,3)5-7-13-9-4-6-14-11-10(9)15-8-16-11/h4,6,8H,5,7H2,1-3H3,(H2,13,14,15,16). The quantitative estimate of drug-likeness (QED) is 0.833. The minimum absolute atomic E-state index is 0.354. The highest BCUT2D eigenvalue weighted by Gasteiger charge is 2.10. The normalized spacial score (nSPS) is 11.9. The van der Waals surface area contributed by atoms with Crippen molar-refractivity contribution in [1.82, 2.24) is 15.0 Å². The fourth-order valence-electron chi connectivity index (χ4n) is 1.57. The van der Waals surface area contributed by atoms with Crippen LogP contribution in [0.1, 0.15) is 27.2 Å². The zero-order valence-electron chi connectivity index (χ0n) is 10.0. The molecule has 0 aliphatic rings. The summed E-state index contributed by atoms with van der Waals surface area (Å²) in [5, 5.41) is 3.42. The van der Waals surface area contributed by atoms with Crippen LogP contribution in [0, 0.1) is 5.41 Å². The number of pyridine rings is 1. The molecule has 0 bridgehead atoms. The Morgan fingerprint density at radius 3 is 2.88 bits per heavy atom. The van der Waals surface area contributed by atoms with Crippen molar-refractivity contribution in [2.75, 3.05) is 11.9 Å². The predicted molar refractivity (Wildman–Crippen MR) is 66.5 cm³/mol. The van der Waals surface area contributed by atoms with E-state index in [1.54, 1.807) is 12.5 Å². The molecule has 0 aliphatic heterocycles. The van der Waals surface area contributed by atoms with Gasteiger partial charge in [-0.15, -0.1) is 0 Å². The Hall–Kier alpha value is -1.58. The highest BCUT2D eigenvalue weighted by atomic mass is 15.0. The van der Waals surface area contributed by atoms with Crippen molar-refractivity contribution < 1.29 is 0 Å². The van der Waals surface area contributed by atoms with Crippen LogP contribution in [0.2, 0.25) is 0 Å². The molecule has 0 saturated carbocycles. The number of nitrogens with zero attached hydrogens (tertiary/aromatic N) is 2. The van der Waals surface area contributed by atoms with E-state index < -0.39 is 0 Å². The van der Waals surface area contributed by atoms with E-state index in [-0.39, 0.29) is 0 Å². The fourth-order valence-corrected chi connectivity index (χ4v) is 1.57. The van der Waals surface area contributed by atoms with Crippen molar-refractivity contribution in [3.05, 3.63) is 18.6 Å². The van der Waals surface area contributed by atoms with Crippen molar-refractivity contribution in [3.63, 3.8) is 0 Å². The number of imidazole rings is 1. The lowest BCUT2D eigenvalue weighted by Gasteiger charge is -2.18. The minimum Gasteiger partial charge on any atom is -0.383 e. The van der Waals surface area contributed by atoms with Gasteiger partial charge in [-0.2, -0.15) is 0 Å². The molecular weight excluding hydrogens is 200 g/mol. The number of rotatable bonds is 3. The molecule has 0 atom stereocenters. The molecule has 0 radical (unpaired) electrons. The van der Waals surface area contributed by atoms with E-state index in [9.17, 15) is 0 Å². The van der Waals surface area contributed by atoms with Gasteiger partial charge in [-0.1, -0.05) is 20.8 Å². The second-order valence-electron chi connectivity index (χ2n) is 5.20. The summed E-state index contributed by atoms with van der Waals surface area (Å²) in [4.78, 5) is 11.4. The van der Waals surface area contributed by atoms with Gasteiger partial charge in [0.05, 0.1) is 12.0 Å². The van der Waals surface area contributed by atoms with E-state index >= 15 is 0 Å². The first-order valence-corrected chi connectivity index (χ1v) is 5.58. The van der Waals surface area contributed by atoms with E-state index in [1.165, 1.54) is 0 Å². The molecular formula is C12H18N4. The number of hydrogen-bond donors (Lipinski definition) is 2. The lowest BCUT2D eigenvalue weighted by Crippen LogP contribution is -2.13. The minimum atomic E-state index is 0.354. The zero-order chi connectivity index (χ0) is 11.6. The van der Waals surface area contributed by atoms with Crippen molar-refractivity contribution in [3.8, 4) is 0 Å². The molecule has 2 rings (SSSR count). The van der Waals surface area contributed by atoms with Gasteiger partial charge in [-0.25, -0.2) is 9.97 Å². The Bertz CT molecular complexity index is 467. The van der Waals surface area contributed by atoms with Gasteiger partial charge in [-0.05, 0) is 17.9 Å². The number of fused-ring (bicyclic) bond motifs is 1. The highest BCUT2D eigenvalue weighted by molar-refractivity contribution is 5.84. The van der Waals surface area contributed by atoms with Gasteiger partial charge in [0.15, 0.2) is 5.65 Å². The van der Waals surface area contributed by atoms with E-state index in [1.807, 2.05) is 6.07 Å². The van der Waals surface area contributed by atoms with Crippen molar-refractivity contribution in [1.29, 1.82) is 0 Å². The Balaban J connectivity index is 2.07. The van der Waals surface area contributed by atoms with Crippen LogP contribution in [0.15, 0.2) is 18.6 Å². The third kappa shape index (κ3) is 2.51. The molecule has 0 saturated heterocycles. The first kappa shape index (κ1) is 10.9. The largest absolute Gasteiger partial charge is 0.383 e. The first-order chi connectivity index (χ1) is 7.56. The molecule has 16 heavy (non-hydrogen) atoms. The van der Waals surface area contributed by atoms with Crippen LogP contribution in [0.4, 0.5) is 5.69 Å². The summed E-state index contributed by atoms with van der Waals surface area (Å²) in [6.07, 6.45) is 4.58. The number of aromatic nitrogens is 3. The number of H-pyrrole nitrogens is 1. The molecule has 2 aromatic heterocycles. The van der Waals surface area contributed by atoms with Gasteiger partial charge in [0.25, 0.3) is 0 Å². The monoisotopic (exact) mass is 218 g/mol. The maximum absolute atomic E-state index is 4.18. The van der Waals surface area contributed by atoms with Crippen LogP contribution in [0.3, 0.4) is 0 Å². The molecule has 2 aromatic rings. The average Bonchev–Trinajstić information content (AvgIpc) is 2.64. The molecule has 4 nitrogen and oxygen atoms in total. The number of aromatic amines is 1. The Morgan fingerprint density at radius 2 is 2.12 bits per heavy atom. The van der Waals surface area contributed by atoms with Gasteiger partial charge >= 0.3 is 0 Å². The molecule has 4 heteroatoms. The van der Waals surface area contributed by atoms with Crippen LogP contribution < -0.4 is 5.32 Å². The summed E-state index contributed by atoms with van der Waals surface area (Å²) in [5.74, 6) is 0. The SMILES string of the molecule is CC(C)(C)CCNc1ccnc2nc[nH]c12. The van der Waals surface area contributed by atoms with E-state index in [0.717, 1.165) is 29.8 Å². The molecule has 0 spiro atoms. The number of nitrogens with one attached hydrogen (secondary N) is 2. The molecule has 0 aromatic carbocycles. The van der Waals surface area contributed by atoms with Gasteiger partial charge in [-0.3, -0.25) is 0 Å². The maximum atomic E-state index is 4.18. The molecule has 0 unspecified atom stereocenters. The highest BCUT2D eigenvalue weighted by Crippen LogP contribution is 2.21. The van der Waals surface area contributed by atoms with Crippen LogP contribution >= 0.6 is 0 Å². The van der Waals surface area contributed by atoms with Crippen molar-refractivity contribution >= 4 is 16.9 Å². The van der Waals surface area contributed by atoms with Gasteiger partial charge in [0.1, 0.15) is 5.52 Å². The molecule has 0 aliphatic carbocycles. The topological polar surface area (TPSA) is 53.6 Å². The van der Waals surface area contributed by atoms with Crippen molar-refractivity contribution in [2.45, 2.75) is 27.2 Å². The number of anilines is 1. The second-order valence-corrected chi connectivity index (χ2v) is 5.20. The molecule has 86 valence electrons. The molecule has 0 amide bonds. The summed E-state index contributed by atoms with van der Waals surface area (Å²) in [6, 6.07) is 1.98. The average molecular weight is 218 g/mol. The lowest BCUT2D eigenvalue weighted by molar-refractivity contribution is 0.390. The van der Waals surface area contributed by atoms with Gasteiger partial charge in [0, 0.05) is 12.7 Å². The third-order valence-corrected chi connectivity index (χ3v) is 2.52. The van der Waals surface area contributed by atoms with Crippen LogP contribution in [0.5, 0.6) is 0 Å². The summed E-state index contributed by atoms with van der Waals surface area (Å²) in [5.41, 5.74) is 3.18. The number of hydrogen-bond acceptors (Lipinski definition) is 3. The molecule has 0 fully saturated rings. The van der Waals surface area contributed by atoms with Crippen LogP contribution in [-0.4, -0.2) is 21.5 Å². The smallest absolute Gasteiger partial charge is 0.179 e. The second kappa shape index (κ2) is 4.12. The predicted octanol–water partition coefficient (Wildman–Crippen LogP) is 2.81. The molecule has 2 N–H and O–H groups in total.